The first kappa shape index (κ1) is 31.7. The monoisotopic (exact) mass is 602 g/mol. The Kier molecular flexibility index (Phi) is 9.41. The van der Waals surface area contributed by atoms with Gasteiger partial charge in [0.1, 0.15) is 11.8 Å². The zero-order chi connectivity index (χ0) is 31.5. The van der Waals surface area contributed by atoms with Crippen LogP contribution in [0.15, 0.2) is 97.3 Å². The van der Waals surface area contributed by atoms with Gasteiger partial charge in [-0.2, -0.15) is 5.26 Å². The molecule has 228 valence electrons. The lowest BCUT2D eigenvalue weighted by Crippen LogP contribution is -2.56. The van der Waals surface area contributed by atoms with Crippen LogP contribution in [-0.4, -0.2) is 48.3 Å². The zero-order valence-electron chi connectivity index (χ0n) is 27.3. The van der Waals surface area contributed by atoms with Crippen molar-refractivity contribution in [2.24, 2.45) is 0 Å². The molecule has 6 heteroatoms. The Morgan fingerprint density at radius 3 is 2.27 bits per heavy atom. The van der Waals surface area contributed by atoms with Crippen LogP contribution in [-0.2, 0) is 6.54 Å². The van der Waals surface area contributed by atoms with Gasteiger partial charge in [0.05, 0.1) is 11.6 Å². The normalized spacial score (nSPS) is 18.9. The second kappa shape index (κ2) is 13.1. The molecule has 0 aliphatic carbocycles. The minimum atomic E-state index is -2.00. The molecule has 2 heterocycles. The Hall–Kier alpha value is -3.76. The number of piperazine rings is 1. The van der Waals surface area contributed by atoms with Crippen molar-refractivity contribution in [1.82, 2.24) is 14.8 Å². The summed E-state index contributed by atoms with van der Waals surface area (Å²) in [4.78, 5) is 9.56. The third-order valence-corrected chi connectivity index (χ3v) is 13.9. The summed E-state index contributed by atoms with van der Waals surface area (Å²) in [6.45, 7) is 19.1. The Morgan fingerprint density at radius 2 is 1.59 bits per heavy atom. The van der Waals surface area contributed by atoms with Crippen molar-refractivity contribution >= 4 is 8.32 Å². The van der Waals surface area contributed by atoms with E-state index in [0.29, 0.717) is 17.6 Å². The lowest BCUT2D eigenvalue weighted by atomic mass is 9.92. The second-order valence-corrected chi connectivity index (χ2v) is 18.6. The molecule has 0 radical (unpaired) electrons. The molecule has 3 atom stereocenters. The number of rotatable bonds is 8. The standard InChI is InChI=1S/C38H46N4OSi/c1-28-26-42(29(2)25-41(28)27-30-12-9-8-10-13-30)37(34-14-11-15-36(21-34)43-44(6,7)38(3,4)5)33-18-16-32(17-19-33)35-20-31(22-39)23-40-24-35/h8-21,23-24,28-29,37H,25-27H2,1-7H3. The molecule has 1 fully saturated rings. The van der Waals surface area contributed by atoms with Gasteiger partial charge < -0.3 is 4.43 Å². The van der Waals surface area contributed by atoms with Gasteiger partial charge in [-0.3, -0.25) is 14.8 Å². The predicted octanol–water partition coefficient (Wildman–Crippen LogP) is 8.69. The Bertz CT molecular complexity index is 1590. The van der Waals surface area contributed by atoms with Gasteiger partial charge in [-0.1, -0.05) is 87.5 Å². The molecular weight excluding hydrogens is 557 g/mol. The summed E-state index contributed by atoms with van der Waals surface area (Å²) in [6, 6.07) is 33.3. The van der Waals surface area contributed by atoms with Crippen LogP contribution in [0, 0.1) is 11.3 Å². The second-order valence-electron chi connectivity index (χ2n) is 13.8. The van der Waals surface area contributed by atoms with E-state index in [0.717, 1.165) is 36.5 Å². The topological polar surface area (TPSA) is 52.4 Å². The van der Waals surface area contributed by atoms with Gasteiger partial charge in [-0.25, -0.2) is 0 Å². The quantitative estimate of drug-likeness (QED) is 0.189. The van der Waals surface area contributed by atoms with Crippen LogP contribution < -0.4 is 4.43 Å². The zero-order valence-corrected chi connectivity index (χ0v) is 28.3. The number of pyridine rings is 1. The van der Waals surface area contributed by atoms with Crippen molar-refractivity contribution in [3.05, 3.63) is 120 Å². The highest BCUT2D eigenvalue weighted by molar-refractivity contribution is 6.74. The van der Waals surface area contributed by atoms with E-state index in [1.807, 2.05) is 12.3 Å². The van der Waals surface area contributed by atoms with E-state index < -0.39 is 8.32 Å². The van der Waals surface area contributed by atoms with Gasteiger partial charge in [0.25, 0.3) is 0 Å². The maximum Gasteiger partial charge on any atom is 0.250 e. The first-order chi connectivity index (χ1) is 20.9. The molecule has 0 amide bonds. The molecule has 3 aromatic carbocycles. The summed E-state index contributed by atoms with van der Waals surface area (Å²) >= 11 is 0. The van der Waals surface area contributed by atoms with Gasteiger partial charge in [0, 0.05) is 49.7 Å². The average molecular weight is 603 g/mol. The van der Waals surface area contributed by atoms with Crippen LogP contribution in [0.4, 0.5) is 0 Å². The molecule has 1 saturated heterocycles. The average Bonchev–Trinajstić information content (AvgIpc) is 3.00. The molecule has 5 rings (SSSR count). The van der Waals surface area contributed by atoms with E-state index in [2.05, 4.69) is 147 Å². The van der Waals surface area contributed by atoms with Crippen LogP contribution in [0.2, 0.25) is 18.1 Å². The highest BCUT2D eigenvalue weighted by Gasteiger charge is 2.39. The first-order valence-electron chi connectivity index (χ1n) is 15.7. The number of hydrogen-bond donors (Lipinski definition) is 0. The van der Waals surface area contributed by atoms with Gasteiger partial charge in [-0.05, 0) is 72.4 Å². The Labute approximate surface area is 265 Å². The van der Waals surface area contributed by atoms with E-state index in [1.165, 1.54) is 16.7 Å². The summed E-state index contributed by atoms with van der Waals surface area (Å²) in [6.07, 6.45) is 3.43. The minimum Gasteiger partial charge on any atom is -0.543 e. The van der Waals surface area contributed by atoms with Gasteiger partial charge >= 0.3 is 0 Å². The van der Waals surface area contributed by atoms with Crippen molar-refractivity contribution in [2.75, 3.05) is 13.1 Å². The molecule has 0 saturated carbocycles. The van der Waals surface area contributed by atoms with E-state index in [-0.39, 0.29) is 11.1 Å². The van der Waals surface area contributed by atoms with E-state index in [4.69, 9.17) is 4.43 Å². The van der Waals surface area contributed by atoms with Crippen LogP contribution in [0.1, 0.15) is 62.9 Å². The fourth-order valence-corrected chi connectivity index (χ4v) is 6.93. The largest absolute Gasteiger partial charge is 0.543 e. The third kappa shape index (κ3) is 7.13. The molecule has 1 aliphatic heterocycles. The fourth-order valence-electron chi connectivity index (χ4n) is 5.91. The maximum absolute atomic E-state index is 9.37. The number of benzene rings is 3. The molecule has 0 bridgehead atoms. The van der Waals surface area contributed by atoms with Gasteiger partial charge in [0.15, 0.2) is 0 Å². The molecule has 3 unspecified atom stereocenters. The van der Waals surface area contributed by atoms with E-state index in [1.54, 1.807) is 6.20 Å². The van der Waals surface area contributed by atoms with E-state index >= 15 is 0 Å². The Balaban J connectivity index is 1.49. The number of nitriles is 1. The Morgan fingerprint density at radius 1 is 0.864 bits per heavy atom. The highest BCUT2D eigenvalue weighted by Crippen LogP contribution is 2.40. The minimum absolute atomic E-state index is 0.0758. The number of aromatic nitrogens is 1. The summed E-state index contributed by atoms with van der Waals surface area (Å²) in [7, 11) is -2.00. The van der Waals surface area contributed by atoms with Gasteiger partial charge in [-0.15, -0.1) is 0 Å². The summed E-state index contributed by atoms with van der Waals surface area (Å²) in [5.41, 5.74) is 6.43. The summed E-state index contributed by atoms with van der Waals surface area (Å²) in [5.74, 6) is 0.957. The summed E-state index contributed by atoms with van der Waals surface area (Å²) < 4.78 is 6.79. The molecule has 0 N–H and O–H groups in total. The van der Waals surface area contributed by atoms with Crippen LogP contribution in [0.25, 0.3) is 11.1 Å². The fraction of sp³-hybridized carbons (Fsp3) is 0.368. The van der Waals surface area contributed by atoms with Crippen LogP contribution in [0.5, 0.6) is 5.75 Å². The lowest BCUT2D eigenvalue weighted by molar-refractivity contribution is 0.0195. The molecule has 5 nitrogen and oxygen atoms in total. The van der Waals surface area contributed by atoms with Crippen LogP contribution >= 0.6 is 0 Å². The molecule has 1 aromatic heterocycles. The number of hydrogen-bond acceptors (Lipinski definition) is 5. The van der Waals surface area contributed by atoms with E-state index in [9.17, 15) is 5.26 Å². The van der Waals surface area contributed by atoms with Crippen molar-refractivity contribution in [3.63, 3.8) is 0 Å². The predicted molar refractivity (Wildman–Crippen MR) is 183 cm³/mol. The highest BCUT2D eigenvalue weighted by atomic mass is 28.4. The van der Waals surface area contributed by atoms with Crippen molar-refractivity contribution in [3.8, 4) is 22.9 Å². The van der Waals surface area contributed by atoms with Gasteiger partial charge in [0.2, 0.25) is 8.32 Å². The molecule has 4 aromatic rings. The first-order valence-corrected chi connectivity index (χ1v) is 18.6. The molecule has 0 spiro atoms. The molecule has 44 heavy (non-hydrogen) atoms. The maximum atomic E-state index is 9.37. The molecular formula is C38H46N4OSi. The third-order valence-electron chi connectivity index (χ3n) is 9.50. The van der Waals surface area contributed by atoms with Crippen molar-refractivity contribution < 1.29 is 4.43 Å². The van der Waals surface area contributed by atoms with Crippen molar-refractivity contribution in [2.45, 2.75) is 77.4 Å². The summed E-state index contributed by atoms with van der Waals surface area (Å²) in [5, 5.41) is 9.49. The molecule has 1 aliphatic rings. The smallest absolute Gasteiger partial charge is 0.250 e. The van der Waals surface area contributed by atoms with Crippen LogP contribution in [0.3, 0.4) is 0 Å². The lowest BCUT2D eigenvalue weighted by Gasteiger charge is -2.48. The SMILES string of the molecule is CC1CN(C(c2ccc(-c3cncc(C#N)c3)cc2)c2cccc(O[Si](C)(C)C(C)(C)C)c2)C(C)CN1Cc1ccccc1. The van der Waals surface area contributed by atoms with Crippen molar-refractivity contribution in [1.29, 1.82) is 5.26 Å². The number of nitrogens with zero attached hydrogens (tertiary/aromatic N) is 4.